The van der Waals surface area contributed by atoms with E-state index in [9.17, 15) is 14.7 Å². The number of hydrogen-bond acceptors (Lipinski definition) is 4. The zero-order chi connectivity index (χ0) is 17.8. The maximum Gasteiger partial charge on any atom is 0.242 e. The Bertz CT molecular complexity index is 614. The van der Waals surface area contributed by atoms with Gasteiger partial charge in [-0.25, -0.2) is 0 Å². The number of hydrogen-bond donors (Lipinski definition) is 2. The van der Waals surface area contributed by atoms with E-state index in [2.05, 4.69) is 5.32 Å². The molecule has 136 valence electrons. The largest absolute Gasteiger partial charge is 0.388 e. The predicted molar refractivity (Wildman–Crippen MR) is 95.2 cm³/mol. The van der Waals surface area contributed by atoms with Gasteiger partial charge in [0.2, 0.25) is 11.8 Å². The average molecular weight is 366 g/mol. The first-order valence-electron chi connectivity index (χ1n) is 8.74. The molecule has 2 N–H and O–H groups in total. The van der Waals surface area contributed by atoms with Crippen molar-refractivity contribution < 1.29 is 14.7 Å². The number of amides is 2. The monoisotopic (exact) mass is 365 g/mol. The predicted octanol–water partition coefficient (Wildman–Crippen LogP) is 1.04. The van der Waals surface area contributed by atoms with E-state index in [4.69, 9.17) is 11.6 Å². The third kappa shape index (κ3) is 4.51. The molecule has 0 aliphatic carbocycles. The number of piperidine rings is 1. The zero-order valence-corrected chi connectivity index (χ0v) is 14.9. The fourth-order valence-corrected chi connectivity index (χ4v) is 3.60. The highest BCUT2D eigenvalue weighted by atomic mass is 35.5. The molecule has 2 saturated heterocycles. The van der Waals surface area contributed by atoms with Gasteiger partial charge in [-0.2, -0.15) is 0 Å². The van der Waals surface area contributed by atoms with Crippen molar-refractivity contribution in [2.75, 3.05) is 39.3 Å². The van der Waals surface area contributed by atoms with Crippen LogP contribution in [0, 0.1) is 5.92 Å². The van der Waals surface area contributed by atoms with Gasteiger partial charge in [-0.05, 0) is 36.5 Å². The summed E-state index contributed by atoms with van der Waals surface area (Å²) in [5, 5.41) is 14.2. The fraction of sp³-hybridized carbons (Fsp3) is 0.556. The summed E-state index contributed by atoms with van der Waals surface area (Å²) in [6.07, 6.45) is 0.972. The lowest BCUT2D eigenvalue weighted by molar-refractivity contribution is -0.142. The SMILES string of the molecule is O=C(CN1CCNCC1=O)N1CCC(C(O)c2ccc(Cl)cc2)CC1. The highest BCUT2D eigenvalue weighted by Gasteiger charge is 2.30. The minimum Gasteiger partial charge on any atom is -0.388 e. The number of rotatable bonds is 4. The van der Waals surface area contributed by atoms with E-state index in [-0.39, 0.29) is 24.3 Å². The summed E-state index contributed by atoms with van der Waals surface area (Å²) < 4.78 is 0. The van der Waals surface area contributed by atoms with Crippen LogP contribution in [0.2, 0.25) is 5.02 Å². The van der Waals surface area contributed by atoms with Crippen LogP contribution in [0.3, 0.4) is 0 Å². The van der Waals surface area contributed by atoms with Crippen LogP contribution < -0.4 is 5.32 Å². The average Bonchev–Trinajstić information content (AvgIpc) is 2.64. The number of likely N-dealkylation sites (tertiary alicyclic amines) is 1. The summed E-state index contributed by atoms with van der Waals surface area (Å²) in [5.74, 6) is 0.105. The van der Waals surface area contributed by atoms with Crippen molar-refractivity contribution in [3.8, 4) is 0 Å². The van der Waals surface area contributed by atoms with Crippen LogP contribution in [0.4, 0.5) is 0 Å². The number of piperazine rings is 1. The zero-order valence-electron chi connectivity index (χ0n) is 14.2. The molecule has 1 unspecified atom stereocenters. The highest BCUT2D eigenvalue weighted by molar-refractivity contribution is 6.30. The Hall–Kier alpha value is -1.63. The minimum atomic E-state index is -0.538. The summed E-state index contributed by atoms with van der Waals surface area (Å²) >= 11 is 5.89. The molecule has 1 atom stereocenters. The van der Waals surface area contributed by atoms with E-state index in [0.717, 1.165) is 24.9 Å². The summed E-state index contributed by atoms with van der Waals surface area (Å²) in [7, 11) is 0. The second kappa shape index (κ2) is 8.17. The molecular weight excluding hydrogens is 342 g/mol. The molecule has 2 heterocycles. The lowest BCUT2D eigenvalue weighted by atomic mass is 9.87. The van der Waals surface area contributed by atoms with E-state index in [1.807, 2.05) is 12.1 Å². The third-order valence-corrected chi connectivity index (χ3v) is 5.32. The van der Waals surface area contributed by atoms with Gasteiger partial charge in [0.25, 0.3) is 0 Å². The van der Waals surface area contributed by atoms with Crippen molar-refractivity contribution >= 4 is 23.4 Å². The number of halogens is 1. The molecule has 6 nitrogen and oxygen atoms in total. The number of nitrogens with zero attached hydrogens (tertiary/aromatic N) is 2. The molecule has 2 aliphatic rings. The normalized spacial score (nSPS) is 20.6. The van der Waals surface area contributed by atoms with Crippen LogP contribution in [0.1, 0.15) is 24.5 Å². The molecule has 0 bridgehead atoms. The molecule has 1 aromatic carbocycles. The summed E-state index contributed by atoms with van der Waals surface area (Å²) in [6, 6.07) is 7.26. The number of aliphatic hydroxyl groups excluding tert-OH is 1. The van der Waals surface area contributed by atoms with Crippen molar-refractivity contribution in [2.45, 2.75) is 18.9 Å². The van der Waals surface area contributed by atoms with Crippen molar-refractivity contribution in [2.24, 2.45) is 5.92 Å². The number of carbonyl (C=O) groups excluding carboxylic acids is 2. The lowest BCUT2D eigenvalue weighted by Crippen LogP contribution is -2.52. The van der Waals surface area contributed by atoms with E-state index >= 15 is 0 Å². The molecule has 3 rings (SSSR count). The quantitative estimate of drug-likeness (QED) is 0.836. The number of nitrogens with one attached hydrogen (secondary N) is 1. The van der Waals surface area contributed by atoms with Gasteiger partial charge in [0.15, 0.2) is 0 Å². The van der Waals surface area contributed by atoms with Crippen molar-refractivity contribution in [3.63, 3.8) is 0 Å². The van der Waals surface area contributed by atoms with Gasteiger partial charge in [-0.3, -0.25) is 9.59 Å². The topological polar surface area (TPSA) is 72.9 Å². The van der Waals surface area contributed by atoms with E-state index in [1.54, 1.807) is 21.9 Å². The summed E-state index contributed by atoms with van der Waals surface area (Å²) in [5.41, 5.74) is 0.862. The second-order valence-electron chi connectivity index (χ2n) is 6.71. The van der Waals surface area contributed by atoms with Crippen molar-refractivity contribution in [1.29, 1.82) is 0 Å². The number of benzene rings is 1. The molecule has 0 saturated carbocycles. The summed E-state index contributed by atoms with van der Waals surface area (Å²) in [6.45, 7) is 3.01. The Morgan fingerprint density at radius 1 is 1.24 bits per heavy atom. The van der Waals surface area contributed by atoms with E-state index in [1.165, 1.54) is 0 Å². The molecule has 2 amide bonds. The van der Waals surface area contributed by atoms with Crippen LogP contribution in [-0.2, 0) is 9.59 Å². The highest BCUT2D eigenvalue weighted by Crippen LogP contribution is 2.31. The Morgan fingerprint density at radius 3 is 2.56 bits per heavy atom. The van der Waals surface area contributed by atoms with Crippen LogP contribution >= 0.6 is 11.6 Å². The third-order valence-electron chi connectivity index (χ3n) is 5.06. The Balaban J connectivity index is 1.50. The first kappa shape index (κ1) is 18.2. The van der Waals surface area contributed by atoms with Crippen molar-refractivity contribution in [3.05, 3.63) is 34.9 Å². The van der Waals surface area contributed by atoms with Crippen LogP contribution in [0.25, 0.3) is 0 Å². The summed E-state index contributed by atoms with van der Waals surface area (Å²) in [4.78, 5) is 27.6. The Kier molecular flexibility index (Phi) is 5.93. The molecule has 0 radical (unpaired) electrons. The van der Waals surface area contributed by atoms with Gasteiger partial charge in [-0.15, -0.1) is 0 Å². The van der Waals surface area contributed by atoms with Gasteiger partial charge in [0, 0.05) is 31.2 Å². The minimum absolute atomic E-state index is 0.00492. The Labute approximate surface area is 152 Å². The molecular formula is C18H24ClN3O3. The van der Waals surface area contributed by atoms with Gasteiger partial charge >= 0.3 is 0 Å². The molecule has 0 spiro atoms. The number of aliphatic hydroxyl groups is 1. The maximum atomic E-state index is 12.4. The van der Waals surface area contributed by atoms with Gasteiger partial charge < -0.3 is 20.2 Å². The number of carbonyl (C=O) groups is 2. The standard InChI is InChI=1S/C18H24ClN3O3/c19-15-3-1-13(2-4-15)18(25)14-5-8-21(9-6-14)17(24)12-22-10-7-20-11-16(22)23/h1-4,14,18,20,25H,5-12H2. The molecule has 1 aromatic rings. The van der Waals surface area contributed by atoms with Gasteiger partial charge in [-0.1, -0.05) is 23.7 Å². The molecule has 2 fully saturated rings. The maximum absolute atomic E-state index is 12.4. The molecule has 25 heavy (non-hydrogen) atoms. The first-order valence-corrected chi connectivity index (χ1v) is 9.12. The second-order valence-corrected chi connectivity index (χ2v) is 7.14. The van der Waals surface area contributed by atoms with E-state index in [0.29, 0.717) is 31.2 Å². The van der Waals surface area contributed by atoms with Crippen LogP contribution in [-0.4, -0.2) is 66.0 Å². The molecule has 2 aliphatic heterocycles. The molecule has 7 heteroatoms. The first-order chi connectivity index (χ1) is 12.0. The Morgan fingerprint density at radius 2 is 1.92 bits per heavy atom. The molecule has 0 aromatic heterocycles. The lowest BCUT2D eigenvalue weighted by Gasteiger charge is -2.36. The van der Waals surface area contributed by atoms with Crippen LogP contribution in [0.5, 0.6) is 0 Å². The van der Waals surface area contributed by atoms with Gasteiger partial charge in [0.1, 0.15) is 0 Å². The van der Waals surface area contributed by atoms with Gasteiger partial charge in [0.05, 0.1) is 19.2 Å². The smallest absolute Gasteiger partial charge is 0.242 e. The fourth-order valence-electron chi connectivity index (χ4n) is 3.47. The van der Waals surface area contributed by atoms with E-state index < -0.39 is 6.10 Å². The van der Waals surface area contributed by atoms with Crippen molar-refractivity contribution in [1.82, 2.24) is 15.1 Å². The van der Waals surface area contributed by atoms with Crippen LogP contribution in [0.15, 0.2) is 24.3 Å².